The Morgan fingerprint density at radius 1 is 0.884 bits per heavy atom. The molecule has 3 aliphatic heterocycles. The number of halogens is 1. The fraction of sp³-hybridized carbons (Fsp3) is 0.294. The molecule has 3 aromatic rings. The van der Waals surface area contributed by atoms with Crippen molar-refractivity contribution in [2.45, 2.75) is 38.4 Å². The minimum absolute atomic E-state index is 0.0827. The Kier molecular flexibility index (Phi) is 6.89. The van der Waals surface area contributed by atoms with Gasteiger partial charge < -0.3 is 5.32 Å². The Bertz CT molecular complexity index is 1670. The summed E-state index contributed by atoms with van der Waals surface area (Å²) in [6.07, 6.45) is 3.60. The number of amides is 4. The lowest BCUT2D eigenvalue weighted by Crippen LogP contribution is -2.54. The zero-order valence-electron chi connectivity index (χ0n) is 23.5. The van der Waals surface area contributed by atoms with Crippen LogP contribution in [0.1, 0.15) is 56.7 Å². The summed E-state index contributed by atoms with van der Waals surface area (Å²) >= 11 is 0. The third kappa shape index (κ3) is 5.14. The largest absolute Gasteiger partial charge is 0.380 e. The van der Waals surface area contributed by atoms with Crippen LogP contribution in [-0.4, -0.2) is 52.6 Å². The molecule has 0 spiro atoms. The van der Waals surface area contributed by atoms with Crippen LogP contribution in [-0.2, 0) is 22.7 Å². The first-order valence-electron chi connectivity index (χ1n) is 14.7. The standard InChI is InChI=1S/C34H31FN4O4/c35-26-10-8-22(9-11-26)23-14-24-18-38(19-25(24)15-23)17-21-6-4-20(5-7-21)16-36-28-3-1-2-27-31(28)34(43)39(33(27)42)29-12-13-30(40)37-32(29)41/h1-11,14,24-25,29,36H,12-13,15-19H2,(H,37,40,41)/t24?,25-,29?/m0/s1. The van der Waals surface area contributed by atoms with Gasteiger partial charge in [0.05, 0.1) is 11.1 Å². The first-order valence-corrected chi connectivity index (χ1v) is 14.7. The topological polar surface area (TPSA) is 98.8 Å². The number of nitrogens with one attached hydrogen (secondary N) is 2. The number of allylic oxidation sites excluding steroid dienone is 1. The molecule has 7 rings (SSSR count). The van der Waals surface area contributed by atoms with Gasteiger partial charge in [0.15, 0.2) is 0 Å². The lowest BCUT2D eigenvalue weighted by molar-refractivity contribution is -0.136. The number of carbonyl (C=O) groups excluding carboxylic acids is 4. The van der Waals surface area contributed by atoms with Crippen molar-refractivity contribution < 1.29 is 23.6 Å². The van der Waals surface area contributed by atoms with Crippen LogP contribution >= 0.6 is 0 Å². The van der Waals surface area contributed by atoms with E-state index in [9.17, 15) is 23.6 Å². The summed E-state index contributed by atoms with van der Waals surface area (Å²) < 4.78 is 13.3. The lowest BCUT2D eigenvalue weighted by Gasteiger charge is -2.27. The van der Waals surface area contributed by atoms with Gasteiger partial charge in [-0.05, 0) is 71.2 Å². The zero-order chi connectivity index (χ0) is 29.7. The molecule has 3 aromatic carbocycles. The van der Waals surface area contributed by atoms with Crippen molar-refractivity contribution in [1.82, 2.24) is 15.1 Å². The van der Waals surface area contributed by atoms with Gasteiger partial charge in [-0.2, -0.15) is 0 Å². The molecule has 8 nitrogen and oxygen atoms in total. The lowest BCUT2D eigenvalue weighted by atomic mass is 9.98. The van der Waals surface area contributed by atoms with Crippen LogP contribution in [0.25, 0.3) is 5.57 Å². The van der Waals surface area contributed by atoms with Gasteiger partial charge in [0.25, 0.3) is 11.8 Å². The van der Waals surface area contributed by atoms with E-state index in [0.29, 0.717) is 24.1 Å². The van der Waals surface area contributed by atoms with Gasteiger partial charge in [-0.25, -0.2) is 4.39 Å². The number of carbonyl (C=O) groups is 4. The van der Waals surface area contributed by atoms with E-state index in [1.165, 1.54) is 23.3 Å². The highest BCUT2D eigenvalue weighted by Crippen LogP contribution is 2.41. The number of likely N-dealkylation sites (tertiary alicyclic amines) is 1. The number of imide groups is 2. The van der Waals surface area contributed by atoms with Gasteiger partial charge in [0.1, 0.15) is 11.9 Å². The van der Waals surface area contributed by atoms with Crippen molar-refractivity contribution in [3.63, 3.8) is 0 Å². The van der Waals surface area contributed by atoms with Crippen LogP contribution in [0.4, 0.5) is 10.1 Å². The first-order chi connectivity index (χ1) is 20.8. The summed E-state index contributed by atoms with van der Waals surface area (Å²) in [5.41, 5.74) is 5.75. The maximum atomic E-state index is 13.3. The van der Waals surface area contributed by atoms with E-state index in [4.69, 9.17) is 0 Å². The van der Waals surface area contributed by atoms with E-state index >= 15 is 0 Å². The first kappa shape index (κ1) is 27.2. The zero-order valence-corrected chi connectivity index (χ0v) is 23.5. The van der Waals surface area contributed by atoms with Gasteiger partial charge in [-0.15, -0.1) is 0 Å². The second kappa shape index (κ2) is 10.9. The minimum Gasteiger partial charge on any atom is -0.380 e. The Labute approximate surface area is 248 Å². The monoisotopic (exact) mass is 578 g/mol. The van der Waals surface area contributed by atoms with E-state index in [0.717, 1.165) is 42.1 Å². The van der Waals surface area contributed by atoms with Crippen LogP contribution in [0.2, 0.25) is 0 Å². The molecule has 0 radical (unpaired) electrons. The van der Waals surface area contributed by atoms with Crippen molar-refractivity contribution in [2.24, 2.45) is 11.8 Å². The van der Waals surface area contributed by atoms with E-state index in [-0.39, 0.29) is 29.8 Å². The minimum atomic E-state index is -0.992. The van der Waals surface area contributed by atoms with Gasteiger partial charge in [-0.1, -0.05) is 48.5 Å². The molecule has 1 aliphatic carbocycles. The van der Waals surface area contributed by atoms with Gasteiger partial charge in [0, 0.05) is 38.3 Å². The molecule has 0 aromatic heterocycles. The molecule has 4 amide bonds. The molecule has 9 heteroatoms. The predicted octanol–water partition coefficient (Wildman–Crippen LogP) is 4.37. The smallest absolute Gasteiger partial charge is 0.264 e. The quantitative estimate of drug-likeness (QED) is 0.404. The number of rotatable bonds is 7. The van der Waals surface area contributed by atoms with E-state index in [1.54, 1.807) is 18.2 Å². The predicted molar refractivity (Wildman–Crippen MR) is 158 cm³/mol. The SMILES string of the molecule is O=C1CCC(N2C(=O)c3cccc(NCc4ccc(CN5CC6C=C(c7ccc(F)cc7)C[C@H]6C5)cc4)c3C2=O)C(=O)N1. The molecular weight excluding hydrogens is 547 g/mol. The third-order valence-electron chi connectivity index (χ3n) is 9.06. The van der Waals surface area contributed by atoms with Gasteiger partial charge in [-0.3, -0.25) is 34.3 Å². The fourth-order valence-corrected chi connectivity index (χ4v) is 6.89. The Hall–Kier alpha value is -4.63. The van der Waals surface area contributed by atoms with Crippen LogP contribution in [0.5, 0.6) is 0 Å². The highest BCUT2D eigenvalue weighted by atomic mass is 19.1. The molecule has 218 valence electrons. The molecular formula is C34H31FN4O4. The maximum absolute atomic E-state index is 13.3. The van der Waals surface area contributed by atoms with Crippen molar-refractivity contribution >= 4 is 34.9 Å². The maximum Gasteiger partial charge on any atom is 0.264 e. The van der Waals surface area contributed by atoms with Crippen LogP contribution in [0.3, 0.4) is 0 Å². The van der Waals surface area contributed by atoms with Crippen molar-refractivity contribution in [2.75, 3.05) is 18.4 Å². The molecule has 43 heavy (non-hydrogen) atoms. The van der Waals surface area contributed by atoms with Crippen LogP contribution < -0.4 is 10.6 Å². The molecule has 3 atom stereocenters. The van der Waals surface area contributed by atoms with Gasteiger partial charge >= 0.3 is 0 Å². The summed E-state index contributed by atoms with van der Waals surface area (Å²) in [7, 11) is 0. The van der Waals surface area contributed by atoms with Crippen molar-refractivity contribution in [1.29, 1.82) is 0 Å². The highest BCUT2D eigenvalue weighted by Gasteiger charge is 2.45. The molecule has 0 saturated carbocycles. The molecule has 3 heterocycles. The fourth-order valence-electron chi connectivity index (χ4n) is 6.89. The van der Waals surface area contributed by atoms with E-state index in [2.05, 4.69) is 45.9 Å². The second-order valence-corrected chi connectivity index (χ2v) is 11.9. The summed E-state index contributed by atoms with van der Waals surface area (Å²) in [6, 6.07) is 19.2. The number of fused-ring (bicyclic) bond motifs is 2. The summed E-state index contributed by atoms with van der Waals surface area (Å²) in [4.78, 5) is 53.8. The number of hydrogen-bond donors (Lipinski definition) is 2. The molecule has 0 bridgehead atoms. The Balaban J connectivity index is 0.963. The molecule has 2 fully saturated rings. The van der Waals surface area contributed by atoms with Crippen LogP contribution in [0, 0.1) is 17.7 Å². The average Bonchev–Trinajstić information content (AvgIpc) is 3.64. The number of nitrogens with zero attached hydrogens (tertiary/aromatic N) is 2. The number of hydrogen-bond acceptors (Lipinski definition) is 6. The van der Waals surface area contributed by atoms with Crippen LogP contribution in [0.15, 0.2) is 72.8 Å². The van der Waals surface area contributed by atoms with Gasteiger partial charge in [0.2, 0.25) is 11.8 Å². The van der Waals surface area contributed by atoms with E-state index in [1.807, 2.05) is 12.1 Å². The Morgan fingerprint density at radius 2 is 1.65 bits per heavy atom. The molecule has 2 saturated heterocycles. The molecule has 2 unspecified atom stereocenters. The third-order valence-corrected chi connectivity index (χ3v) is 9.06. The molecule has 2 N–H and O–H groups in total. The summed E-state index contributed by atoms with van der Waals surface area (Å²) in [6.45, 7) is 3.39. The van der Waals surface area contributed by atoms with E-state index < -0.39 is 29.7 Å². The number of anilines is 1. The number of benzene rings is 3. The average molecular weight is 579 g/mol. The Morgan fingerprint density at radius 3 is 2.40 bits per heavy atom. The molecule has 4 aliphatic rings. The van der Waals surface area contributed by atoms with Crippen molar-refractivity contribution in [3.8, 4) is 0 Å². The summed E-state index contributed by atoms with van der Waals surface area (Å²) in [5.74, 6) is -1.15. The summed E-state index contributed by atoms with van der Waals surface area (Å²) in [5, 5.41) is 5.53. The second-order valence-electron chi connectivity index (χ2n) is 11.9. The van der Waals surface area contributed by atoms with Crippen molar-refractivity contribution in [3.05, 3.63) is 106 Å². The normalized spacial score (nSPS) is 23.3. The number of piperidine rings is 1. The highest BCUT2D eigenvalue weighted by molar-refractivity contribution is 6.25.